The molecule has 2 aromatic heterocycles. The first-order chi connectivity index (χ1) is 14.6. The highest BCUT2D eigenvalue weighted by Crippen LogP contribution is 2.22. The standard InChI is InChI=1S/C24H22FN3O2/c1-30-23-10-9-17(14-27-23)11-12-26-24(29)21-16-28(22-8-3-2-7-20(21)22)15-18-5-4-6-19(25)13-18/h2-10,13-14,16H,11-12,15H2,1H3,(H,26,29). The number of nitrogens with one attached hydrogen (secondary N) is 1. The summed E-state index contributed by atoms with van der Waals surface area (Å²) in [5, 5.41) is 3.86. The summed E-state index contributed by atoms with van der Waals surface area (Å²) in [6, 6.07) is 18.0. The highest BCUT2D eigenvalue weighted by atomic mass is 19.1. The number of halogens is 1. The van der Waals surface area contributed by atoms with Gasteiger partial charge in [-0.05, 0) is 35.7 Å². The molecular formula is C24H22FN3O2. The number of benzene rings is 2. The Morgan fingerprint density at radius 2 is 1.97 bits per heavy atom. The summed E-state index contributed by atoms with van der Waals surface area (Å²) >= 11 is 0. The molecule has 0 aliphatic rings. The Morgan fingerprint density at radius 1 is 1.10 bits per heavy atom. The molecule has 0 aliphatic heterocycles. The minimum Gasteiger partial charge on any atom is -0.481 e. The fourth-order valence-electron chi connectivity index (χ4n) is 3.49. The zero-order chi connectivity index (χ0) is 20.9. The molecule has 0 saturated heterocycles. The minimum atomic E-state index is -0.269. The van der Waals surface area contributed by atoms with Crippen LogP contribution in [0.25, 0.3) is 10.9 Å². The highest BCUT2D eigenvalue weighted by molar-refractivity contribution is 6.07. The van der Waals surface area contributed by atoms with Crippen molar-refractivity contribution in [2.75, 3.05) is 13.7 Å². The van der Waals surface area contributed by atoms with Crippen molar-refractivity contribution in [1.29, 1.82) is 0 Å². The second-order valence-corrected chi connectivity index (χ2v) is 7.03. The molecule has 0 bridgehead atoms. The first-order valence-corrected chi connectivity index (χ1v) is 9.73. The van der Waals surface area contributed by atoms with Crippen molar-refractivity contribution < 1.29 is 13.9 Å². The number of hydrogen-bond donors (Lipinski definition) is 1. The lowest BCUT2D eigenvalue weighted by molar-refractivity contribution is 0.0955. The lowest BCUT2D eigenvalue weighted by atomic mass is 10.1. The molecule has 0 unspecified atom stereocenters. The van der Waals surface area contributed by atoms with Crippen molar-refractivity contribution in [3.8, 4) is 5.88 Å². The van der Waals surface area contributed by atoms with Crippen molar-refractivity contribution in [3.05, 3.63) is 95.6 Å². The number of carbonyl (C=O) groups excluding carboxylic acids is 1. The highest BCUT2D eigenvalue weighted by Gasteiger charge is 2.15. The zero-order valence-electron chi connectivity index (χ0n) is 16.6. The molecular weight excluding hydrogens is 381 g/mol. The maximum Gasteiger partial charge on any atom is 0.253 e. The van der Waals surface area contributed by atoms with Gasteiger partial charge in [-0.2, -0.15) is 0 Å². The smallest absolute Gasteiger partial charge is 0.253 e. The number of nitrogens with zero attached hydrogens (tertiary/aromatic N) is 2. The lowest BCUT2D eigenvalue weighted by Crippen LogP contribution is -2.25. The quantitative estimate of drug-likeness (QED) is 0.503. The third-order valence-corrected chi connectivity index (χ3v) is 4.98. The van der Waals surface area contributed by atoms with Gasteiger partial charge < -0.3 is 14.6 Å². The van der Waals surface area contributed by atoms with Gasteiger partial charge in [0.05, 0.1) is 12.7 Å². The van der Waals surface area contributed by atoms with E-state index in [2.05, 4.69) is 10.3 Å². The Labute approximate surface area is 174 Å². The third-order valence-electron chi connectivity index (χ3n) is 4.98. The van der Waals surface area contributed by atoms with Crippen LogP contribution in [0.5, 0.6) is 5.88 Å². The monoisotopic (exact) mass is 403 g/mol. The number of carbonyl (C=O) groups is 1. The molecule has 0 aliphatic carbocycles. The zero-order valence-corrected chi connectivity index (χ0v) is 16.6. The number of pyridine rings is 1. The van der Waals surface area contributed by atoms with Gasteiger partial charge >= 0.3 is 0 Å². The van der Waals surface area contributed by atoms with Gasteiger partial charge in [0.15, 0.2) is 0 Å². The van der Waals surface area contributed by atoms with Crippen LogP contribution in [0.2, 0.25) is 0 Å². The number of aromatic nitrogens is 2. The van der Waals surface area contributed by atoms with Crippen molar-refractivity contribution in [2.45, 2.75) is 13.0 Å². The van der Waals surface area contributed by atoms with Gasteiger partial charge in [-0.15, -0.1) is 0 Å². The molecule has 0 radical (unpaired) electrons. The van der Waals surface area contributed by atoms with E-state index in [-0.39, 0.29) is 11.7 Å². The molecule has 5 nitrogen and oxygen atoms in total. The number of methoxy groups -OCH3 is 1. The predicted octanol–water partition coefficient (Wildman–Crippen LogP) is 4.20. The van der Waals surface area contributed by atoms with E-state index in [1.165, 1.54) is 12.1 Å². The van der Waals surface area contributed by atoms with Crippen LogP contribution in [0, 0.1) is 5.82 Å². The molecule has 6 heteroatoms. The molecule has 1 N–H and O–H groups in total. The van der Waals surface area contributed by atoms with Crippen molar-refractivity contribution >= 4 is 16.8 Å². The van der Waals surface area contributed by atoms with Crippen molar-refractivity contribution in [2.24, 2.45) is 0 Å². The summed E-state index contributed by atoms with van der Waals surface area (Å²) in [4.78, 5) is 17.0. The first kappa shape index (κ1) is 19.6. The average Bonchev–Trinajstić information content (AvgIpc) is 3.13. The molecule has 30 heavy (non-hydrogen) atoms. The maximum atomic E-state index is 13.6. The van der Waals surface area contributed by atoms with E-state index in [1.807, 2.05) is 47.2 Å². The Morgan fingerprint density at radius 3 is 2.73 bits per heavy atom. The topological polar surface area (TPSA) is 56.1 Å². The molecule has 0 atom stereocenters. The molecule has 1 amide bonds. The van der Waals surface area contributed by atoms with Gasteiger partial charge in [-0.25, -0.2) is 9.37 Å². The summed E-state index contributed by atoms with van der Waals surface area (Å²) in [6.45, 7) is 0.985. The molecule has 0 fully saturated rings. The summed E-state index contributed by atoms with van der Waals surface area (Å²) in [6.07, 6.45) is 4.25. The first-order valence-electron chi connectivity index (χ1n) is 9.73. The van der Waals surface area contributed by atoms with Crippen LogP contribution in [-0.4, -0.2) is 29.1 Å². The Balaban J connectivity index is 1.49. The van der Waals surface area contributed by atoms with Gasteiger partial charge in [-0.1, -0.05) is 36.4 Å². The summed E-state index contributed by atoms with van der Waals surface area (Å²) in [5.41, 5.74) is 3.40. The van der Waals surface area contributed by atoms with E-state index in [9.17, 15) is 9.18 Å². The van der Waals surface area contributed by atoms with E-state index in [0.29, 0.717) is 31.0 Å². The van der Waals surface area contributed by atoms with Gasteiger partial charge in [-0.3, -0.25) is 4.79 Å². The number of rotatable bonds is 7. The fourth-order valence-corrected chi connectivity index (χ4v) is 3.49. The van der Waals surface area contributed by atoms with Gasteiger partial charge in [0, 0.05) is 42.5 Å². The summed E-state index contributed by atoms with van der Waals surface area (Å²) < 4.78 is 20.6. The molecule has 0 saturated carbocycles. The van der Waals surface area contributed by atoms with E-state index < -0.39 is 0 Å². The van der Waals surface area contributed by atoms with E-state index in [0.717, 1.165) is 22.0 Å². The van der Waals surface area contributed by atoms with E-state index >= 15 is 0 Å². The van der Waals surface area contributed by atoms with Crippen LogP contribution < -0.4 is 10.1 Å². The van der Waals surface area contributed by atoms with E-state index in [4.69, 9.17) is 4.74 Å². The van der Waals surface area contributed by atoms with E-state index in [1.54, 1.807) is 25.4 Å². The van der Waals surface area contributed by atoms with Crippen molar-refractivity contribution in [1.82, 2.24) is 14.9 Å². The molecule has 152 valence electrons. The van der Waals surface area contributed by atoms with Crippen LogP contribution in [-0.2, 0) is 13.0 Å². The average molecular weight is 403 g/mol. The number of fused-ring (bicyclic) bond motifs is 1. The van der Waals surface area contributed by atoms with Crippen LogP contribution in [0.3, 0.4) is 0 Å². The summed E-state index contributed by atoms with van der Waals surface area (Å²) in [5.74, 6) is 0.162. The second kappa shape index (κ2) is 8.78. The predicted molar refractivity (Wildman–Crippen MR) is 114 cm³/mol. The van der Waals surface area contributed by atoms with Gasteiger partial charge in [0.1, 0.15) is 5.82 Å². The normalized spacial score (nSPS) is 10.9. The molecule has 0 spiro atoms. The molecule has 4 aromatic rings. The van der Waals surface area contributed by atoms with Gasteiger partial charge in [0.2, 0.25) is 5.88 Å². The second-order valence-electron chi connectivity index (χ2n) is 7.03. The van der Waals surface area contributed by atoms with Gasteiger partial charge in [0.25, 0.3) is 5.91 Å². The number of ether oxygens (including phenoxy) is 1. The number of para-hydroxylation sites is 1. The lowest BCUT2D eigenvalue weighted by Gasteiger charge is -2.06. The number of hydrogen-bond acceptors (Lipinski definition) is 3. The molecule has 2 aromatic carbocycles. The SMILES string of the molecule is COc1ccc(CCNC(=O)c2cn(Cc3cccc(F)c3)c3ccccc23)cn1. The molecule has 4 rings (SSSR count). The Hall–Kier alpha value is -3.67. The van der Waals surface area contributed by atoms with Crippen molar-refractivity contribution in [3.63, 3.8) is 0 Å². The Bertz CT molecular complexity index is 1170. The third kappa shape index (κ3) is 4.33. The maximum absolute atomic E-state index is 13.6. The summed E-state index contributed by atoms with van der Waals surface area (Å²) in [7, 11) is 1.58. The van der Waals surface area contributed by atoms with Crippen LogP contribution in [0.1, 0.15) is 21.5 Å². The number of amides is 1. The van der Waals surface area contributed by atoms with Crippen LogP contribution in [0.4, 0.5) is 4.39 Å². The minimum absolute atomic E-state index is 0.134. The van der Waals surface area contributed by atoms with Crippen LogP contribution >= 0.6 is 0 Å². The Kier molecular flexibility index (Phi) is 5.75. The fraction of sp³-hybridized carbons (Fsp3) is 0.167. The molecule has 2 heterocycles. The largest absolute Gasteiger partial charge is 0.481 e. The van der Waals surface area contributed by atoms with Crippen LogP contribution in [0.15, 0.2) is 73.1 Å².